The van der Waals surface area contributed by atoms with Crippen LogP contribution in [0.15, 0.2) is 12.1 Å². The van der Waals surface area contributed by atoms with Crippen molar-refractivity contribution in [3.8, 4) is 0 Å². The zero-order valence-electron chi connectivity index (χ0n) is 13.2. The molecule has 1 aliphatic carbocycles. The molecule has 0 aliphatic heterocycles. The fourth-order valence-corrected chi connectivity index (χ4v) is 4.40. The lowest BCUT2D eigenvalue weighted by Crippen LogP contribution is -2.31. The number of rotatable bonds is 3. The molecule has 1 saturated carbocycles. The van der Waals surface area contributed by atoms with E-state index in [1.54, 1.807) is 11.3 Å². The first kappa shape index (κ1) is 16.3. The number of hydrogen-bond acceptors (Lipinski definition) is 2. The third kappa shape index (κ3) is 4.47. The minimum atomic E-state index is 0.420. The van der Waals surface area contributed by atoms with Crippen LogP contribution in [0.25, 0.3) is 0 Å². The van der Waals surface area contributed by atoms with E-state index >= 15 is 0 Å². The maximum absolute atomic E-state index is 6.03. The van der Waals surface area contributed by atoms with Crippen molar-refractivity contribution >= 4 is 22.9 Å². The second-order valence-electron chi connectivity index (χ2n) is 7.30. The van der Waals surface area contributed by atoms with Gasteiger partial charge >= 0.3 is 0 Å². The molecule has 0 saturated heterocycles. The molecule has 1 heterocycles. The average molecular weight is 314 g/mol. The van der Waals surface area contributed by atoms with Crippen LogP contribution in [-0.2, 0) is 0 Å². The van der Waals surface area contributed by atoms with Gasteiger partial charge in [-0.25, -0.2) is 0 Å². The van der Waals surface area contributed by atoms with Gasteiger partial charge in [-0.3, -0.25) is 0 Å². The molecule has 20 heavy (non-hydrogen) atoms. The van der Waals surface area contributed by atoms with Gasteiger partial charge < -0.3 is 5.32 Å². The van der Waals surface area contributed by atoms with Crippen molar-refractivity contribution in [1.82, 2.24) is 5.32 Å². The topological polar surface area (TPSA) is 12.0 Å². The van der Waals surface area contributed by atoms with Crippen LogP contribution in [0.2, 0.25) is 4.34 Å². The van der Waals surface area contributed by atoms with E-state index in [0.717, 1.165) is 10.3 Å². The summed E-state index contributed by atoms with van der Waals surface area (Å²) < 4.78 is 0.891. The molecule has 0 aromatic carbocycles. The predicted octanol–water partition coefficient (Wildman–Crippen LogP) is 6.05. The molecule has 114 valence electrons. The van der Waals surface area contributed by atoms with Crippen molar-refractivity contribution in [1.29, 1.82) is 0 Å². The Kier molecular flexibility index (Phi) is 5.56. The Balaban J connectivity index is 1.88. The van der Waals surface area contributed by atoms with Gasteiger partial charge in [0.1, 0.15) is 0 Å². The van der Waals surface area contributed by atoms with E-state index < -0.39 is 0 Å². The summed E-state index contributed by atoms with van der Waals surface area (Å²) in [6.07, 6.45) is 6.74. The summed E-state index contributed by atoms with van der Waals surface area (Å²) in [5, 5.41) is 3.81. The molecule has 0 amide bonds. The van der Waals surface area contributed by atoms with Gasteiger partial charge in [-0.2, -0.15) is 0 Å². The molecule has 0 spiro atoms. The van der Waals surface area contributed by atoms with Crippen LogP contribution in [0.3, 0.4) is 0 Å². The predicted molar refractivity (Wildman–Crippen MR) is 90.7 cm³/mol. The fraction of sp³-hybridized carbons (Fsp3) is 0.765. The molecule has 1 aromatic rings. The van der Waals surface area contributed by atoms with Crippen LogP contribution >= 0.6 is 22.9 Å². The third-order valence-corrected chi connectivity index (χ3v) is 6.11. The lowest BCUT2D eigenvalue weighted by molar-refractivity contribution is 0.213. The van der Waals surface area contributed by atoms with Gasteiger partial charge in [0, 0.05) is 17.0 Å². The molecule has 0 bridgehead atoms. The zero-order chi connectivity index (χ0) is 14.8. The van der Waals surface area contributed by atoms with Crippen LogP contribution in [0.4, 0.5) is 0 Å². The molecule has 2 rings (SSSR count). The van der Waals surface area contributed by atoms with Gasteiger partial charge in [-0.05, 0) is 56.1 Å². The van der Waals surface area contributed by atoms with Crippen molar-refractivity contribution in [2.45, 2.75) is 71.9 Å². The van der Waals surface area contributed by atoms with E-state index in [0.29, 0.717) is 17.5 Å². The monoisotopic (exact) mass is 313 g/mol. The Bertz CT molecular complexity index is 421. The molecule has 3 unspecified atom stereocenters. The maximum Gasteiger partial charge on any atom is 0.0931 e. The zero-order valence-corrected chi connectivity index (χ0v) is 14.8. The van der Waals surface area contributed by atoms with Crippen LogP contribution in [-0.4, -0.2) is 6.04 Å². The van der Waals surface area contributed by atoms with Crippen LogP contribution < -0.4 is 5.32 Å². The van der Waals surface area contributed by atoms with E-state index in [4.69, 9.17) is 11.6 Å². The average Bonchev–Trinajstić information content (AvgIpc) is 2.64. The standard InChI is InChI=1S/C17H28ClNS/c1-12(15-10-11-16(18)20-15)19-14-7-5-6-13(8-9-14)17(2,3)4/h10-14,19H,5-9H2,1-4H3. The van der Waals surface area contributed by atoms with Crippen molar-refractivity contribution < 1.29 is 0 Å². The highest BCUT2D eigenvalue weighted by Gasteiger charge is 2.28. The largest absolute Gasteiger partial charge is 0.307 e. The summed E-state index contributed by atoms with van der Waals surface area (Å²) in [6, 6.07) is 5.24. The lowest BCUT2D eigenvalue weighted by atomic mass is 9.76. The lowest BCUT2D eigenvalue weighted by Gasteiger charge is -2.30. The fourth-order valence-electron chi connectivity index (χ4n) is 3.33. The SMILES string of the molecule is CC(NC1CCCC(C(C)(C)C)CC1)c1ccc(Cl)s1. The van der Waals surface area contributed by atoms with Crippen molar-refractivity contribution in [2.75, 3.05) is 0 Å². The van der Waals surface area contributed by atoms with Crippen molar-refractivity contribution in [3.63, 3.8) is 0 Å². The van der Waals surface area contributed by atoms with Crippen LogP contribution in [0, 0.1) is 11.3 Å². The summed E-state index contributed by atoms with van der Waals surface area (Å²) in [7, 11) is 0. The first-order valence-electron chi connectivity index (χ1n) is 7.87. The van der Waals surface area contributed by atoms with Crippen molar-refractivity contribution in [2.24, 2.45) is 11.3 Å². The van der Waals surface area contributed by atoms with Crippen LogP contribution in [0.1, 0.15) is 70.7 Å². The molecular formula is C17H28ClNS. The molecule has 3 heteroatoms. The third-order valence-electron chi connectivity index (χ3n) is 4.70. The molecule has 0 radical (unpaired) electrons. The minimum absolute atomic E-state index is 0.420. The van der Waals surface area contributed by atoms with Crippen molar-refractivity contribution in [3.05, 3.63) is 21.3 Å². The summed E-state index contributed by atoms with van der Waals surface area (Å²) in [5.74, 6) is 0.876. The number of hydrogen-bond donors (Lipinski definition) is 1. The highest BCUT2D eigenvalue weighted by Crippen LogP contribution is 2.37. The van der Waals surface area contributed by atoms with E-state index in [9.17, 15) is 0 Å². The highest BCUT2D eigenvalue weighted by atomic mass is 35.5. The molecular weight excluding hydrogens is 286 g/mol. The van der Waals surface area contributed by atoms with E-state index in [-0.39, 0.29) is 0 Å². The summed E-state index contributed by atoms with van der Waals surface area (Å²) in [5.41, 5.74) is 0.460. The van der Waals surface area contributed by atoms with E-state index in [1.165, 1.54) is 37.0 Å². The minimum Gasteiger partial charge on any atom is -0.307 e. The van der Waals surface area contributed by atoms with Gasteiger partial charge in [0.05, 0.1) is 4.34 Å². The first-order chi connectivity index (χ1) is 9.36. The van der Waals surface area contributed by atoms with Gasteiger partial charge in [-0.1, -0.05) is 38.8 Å². The Morgan fingerprint density at radius 3 is 2.55 bits per heavy atom. The molecule has 1 nitrogen and oxygen atoms in total. The Morgan fingerprint density at radius 2 is 1.95 bits per heavy atom. The second kappa shape index (κ2) is 6.81. The van der Waals surface area contributed by atoms with Crippen LogP contribution in [0.5, 0.6) is 0 Å². The number of thiophene rings is 1. The quantitative estimate of drug-likeness (QED) is 0.670. The molecule has 1 fully saturated rings. The summed E-state index contributed by atoms with van der Waals surface area (Å²) in [6.45, 7) is 9.43. The Hall–Kier alpha value is -0.0500. The number of halogens is 1. The smallest absolute Gasteiger partial charge is 0.0931 e. The molecule has 1 N–H and O–H groups in total. The van der Waals surface area contributed by atoms with Gasteiger partial charge in [0.25, 0.3) is 0 Å². The Labute approximate surface area is 133 Å². The maximum atomic E-state index is 6.03. The first-order valence-corrected chi connectivity index (χ1v) is 9.07. The summed E-state index contributed by atoms with van der Waals surface area (Å²) >= 11 is 7.73. The highest BCUT2D eigenvalue weighted by molar-refractivity contribution is 7.16. The van der Waals surface area contributed by atoms with E-state index in [1.807, 2.05) is 6.07 Å². The molecule has 1 aromatic heterocycles. The molecule has 1 aliphatic rings. The van der Waals surface area contributed by atoms with Gasteiger partial charge in [-0.15, -0.1) is 11.3 Å². The van der Waals surface area contributed by atoms with Gasteiger partial charge in [0.2, 0.25) is 0 Å². The second-order valence-corrected chi connectivity index (χ2v) is 9.05. The van der Waals surface area contributed by atoms with Gasteiger partial charge in [0.15, 0.2) is 0 Å². The van der Waals surface area contributed by atoms with E-state index in [2.05, 4.69) is 39.1 Å². The summed E-state index contributed by atoms with van der Waals surface area (Å²) in [4.78, 5) is 1.35. The molecule has 3 atom stereocenters. The Morgan fingerprint density at radius 1 is 1.20 bits per heavy atom. The normalized spacial score (nSPS) is 26.2. The number of nitrogens with one attached hydrogen (secondary N) is 1.